The highest BCUT2D eigenvalue weighted by Crippen LogP contribution is 2.08. The van der Waals surface area contributed by atoms with E-state index in [1.165, 1.54) is 6.42 Å². The summed E-state index contributed by atoms with van der Waals surface area (Å²) in [6, 6.07) is 0.564. The third kappa shape index (κ3) is 6.43. The van der Waals surface area contributed by atoms with Gasteiger partial charge in [-0.1, -0.05) is 19.0 Å². The van der Waals surface area contributed by atoms with E-state index in [0.717, 1.165) is 12.5 Å². The zero-order chi connectivity index (χ0) is 10.3. The van der Waals surface area contributed by atoms with Gasteiger partial charge < -0.3 is 4.90 Å². The first-order valence-electron chi connectivity index (χ1n) is 4.79. The molecule has 4 nitrogen and oxygen atoms in total. The van der Waals surface area contributed by atoms with Crippen LogP contribution in [0.2, 0.25) is 0 Å². The van der Waals surface area contributed by atoms with Crippen LogP contribution in [0.1, 0.15) is 27.2 Å². The van der Waals surface area contributed by atoms with Crippen molar-refractivity contribution in [1.82, 2.24) is 4.90 Å². The summed E-state index contributed by atoms with van der Waals surface area (Å²) in [5.41, 5.74) is 8.10. The molecule has 0 spiro atoms. The Hall–Kier alpha value is -0.730. The van der Waals surface area contributed by atoms with E-state index in [-0.39, 0.29) is 0 Å². The summed E-state index contributed by atoms with van der Waals surface area (Å²) >= 11 is 0. The summed E-state index contributed by atoms with van der Waals surface area (Å²) in [4.78, 5) is 4.96. The molecule has 1 unspecified atom stereocenters. The molecule has 0 aliphatic rings. The van der Waals surface area contributed by atoms with Crippen molar-refractivity contribution in [3.63, 3.8) is 0 Å². The molecule has 1 atom stereocenters. The second kappa shape index (κ2) is 6.75. The molecule has 0 heterocycles. The lowest BCUT2D eigenvalue weighted by Gasteiger charge is -2.25. The van der Waals surface area contributed by atoms with E-state index in [9.17, 15) is 0 Å². The molecule has 76 valence electrons. The van der Waals surface area contributed by atoms with E-state index in [0.29, 0.717) is 12.6 Å². The molecule has 0 aromatic carbocycles. The third-order valence-corrected chi connectivity index (χ3v) is 2.18. The molecule has 0 bridgehead atoms. The second-order valence-corrected chi connectivity index (χ2v) is 3.91. The lowest BCUT2D eigenvalue weighted by Crippen LogP contribution is -2.32. The fourth-order valence-electron chi connectivity index (χ4n) is 1.33. The van der Waals surface area contributed by atoms with Crippen LogP contribution in [0.4, 0.5) is 0 Å². The second-order valence-electron chi connectivity index (χ2n) is 3.91. The van der Waals surface area contributed by atoms with E-state index in [2.05, 4.69) is 42.7 Å². The van der Waals surface area contributed by atoms with E-state index < -0.39 is 0 Å². The van der Waals surface area contributed by atoms with Crippen molar-refractivity contribution in [2.75, 3.05) is 20.1 Å². The highest BCUT2D eigenvalue weighted by atomic mass is 15.2. The summed E-state index contributed by atoms with van der Waals surface area (Å²) in [5.74, 6) is 0.719. The van der Waals surface area contributed by atoms with Crippen molar-refractivity contribution in [3.8, 4) is 0 Å². The van der Waals surface area contributed by atoms with E-state index >= 15 is 0 Å². The molecule has 0 rings (SSSR count). The maximum Gasteiger partial charge on any atom is 0.0385 e. The Bertz CT molecular complexity index is 172. The molecule has 0 N–H and O–H groups in total. The molecule has 13 heavy (non-hydrogen) atoms. The van der Waals surface area contributed by atoms with Crippen LogP contribution in [0.3, 0.4) is 0 Å². The van der Waals surface area contributed by atoms with Crippen LogP contribution in [-0.4, -0.2) is 31.1 Å². The largest absolute Gasteiger partial charge is 0.304 e. The number of azide groups is 1. The molecule has 0 aliphatic heterocycles. The first kappa shape index (κ1) is 12.3. The molecule has 4 heteroatoms. The SMILES string of the molecule is CC(C)CC(C)N(C)CCN=[N+]=[N-]. The van der Waals surface area contributed by atoms with Crippen molar-refractivity contribution in [3.05, 3.63) is 10.4 Å². The number of likely N-dealkylation sites (N-methyl/N-ethyl adjacent to an activating group) is 1. The zero-order valence-electron chi connectivity index (χ0n) is 9.06. The first-order valence-corrected chi connectivity index (χ1v) is 4.79. The summed E-state index contributed by atoms with van der Waals surface area (Å²) in [6.45, 7) is 8.05. The summed E-state index contributed by atoms with van der Waals surface area (Å²) < 4.78 is 0. The summed E-state index contributed by atoms with van der Waals surface area (Å²) in [6.07, 6.45) is 1.19. The highest BCUT2D eigenvalue weighted by molar-refractivity contribution is 4.66. The smallest absolute Gasteiger partial charge is 0.0385 e. The van der Waals surface area contributed by atoms with Gasteiger partial charge in [-0.3, -0.25) is 0 Å². The predicted octanol–water partition coefficient (Wildman–Crippen LogP) is 2.66. The Kier molecular flexibility index (Phi) is 6.37. The van der Waals surface area contributed by atoms with Gasteiger partial charge in [0.25, 0.3) is 0 Å². The lowest BCUT2D eigenvalue weighted by atomic mass is 10.0. The minimum atomic E-state index is 0.564. The van der Waals surface area contributed by atoms with Gasteiger partial charge in [-0.2, -0.15) is 0 Å². The van der Waals surface area contributed by atoms with E-state index in [4.69, 9.17) is 5.53 Å². The average Bonchev–Trinajstić information content (AvgIpc) is 2.03. The Labute approximate surface area is 80.6 Å². The van der Waals surface area contributed by atoms with Gasteiger partial charge in [-0.15, -0.1) is 0 Å². The topological polar surface area (TPSA) is 52.0 Å². The number of nitrogens with zero attached hydrogens (tertiary/aromatic N) is 4. The van der Waals surface area contributed by atoms with Crippen LogP contribution in [0.15, 0.2) is 5.11 Å². The van der Waals surface area contributed by atoms with Gasteiger partial charge in [0.1, 0.15) is 0 Å². The number of hydrogen-bond acceptors (Lipinski definition) is 2. The average molecular weight is 184 g/mol. The van der Waals surface area contributed by atoms with Crippen LogP contribution < -0.4 is 0 Å². The Morgan fingerprint density at radius 3 is 2.46 bits per heavy atom. The van der Waals surface area contributed by atoms with Gasteiger partial charge in [0.2, 0.25) is 0 Å². The molecule has 0 saturated heterocycles. The molecular formula is C9H20N4. The summed E-state index contributed by atoms with van der Waals surface area (Å²) in [7, 11) is 2.07. The quantitative estimate of drug-likeness (QED) is 0.355. The maximum absolute atomic E-state index is 8.10. The van der Waals surface area contributed by atoms with Crippen LogP contribution in [0.25, 0.3) is 10.4 Å². The Morgan fingerprint density at radius 1 is 1.38 bits per heavy atom. The monoisotopic (exact) mass is 184 g/mol. The Morgan fingerprint density at radius 2 is 2.00 bits per heavy atom. The van der Waals surface area contributed by atoms with Gasteiger partial charge >= 0.3 is 0 Å². The molecule has 0 saturated carbocycles. The molecule has 0 aromatic heterocycles. The minimum absolute atomic E-state index is 0.564. The van der Waals surface area contributed by atoms with Crippen molar-refractivity contribution < 1.29 is 0 Å². The van der Waals surface area contributed by atoms with Crippen LogP contribution in [0, 0.1) is 5.92 Å². The van der Waals surface area contributed by atoms with Gasteiger partial charge in [0, 0.05) is 24.0 Å². The van der Waals surface area contributed by atoms with Gasteiger partial charge in [-0.05, 0) is 31.8 Å². The number of rotatable bonds is 6. The van der Waals surface area contributed by atoms with Crippen molar-refractivity contribution >= 4 is 0 Å². The normalized spacial score (nSPS) is 13.1. The van der Waals surface area contributed by atoms with Crippen molar-refractivity contribution in [1.29, 1.82) is 0 Å². The minimum Gasteiger partial charge on any atom is -0.304 e. The maximum atomic E-state index is 8.10. The van der Waals surface area contributed by atoms with Gasteiger partial charge in [-0.25, -0.2) is 0 Å². The Balaban J connectivity index is 3.68. The van der Waals surface area contributed by atoms with Crippen LogP contribution in [-0.2, 0) is 0 Å². The third-order valence-electron chi connectivity index (χ3n) is 2.18. The van der Waals surface area contributed by atoms with E-state index in [1.807, 2.05) is 0 Å². The molecule has 0 fully saturated rings. The van der Waals surface area contributed by atoms with E-state index in [1.54, 1.807) is 0 Å². The molecule has 0 amide bonds. The fraction of sp³-hybridized carbons (Fsp3) is 1.00. The summed E-state index contributed by atoms with van der Waals surface area (Å²) in [5, 5.41) is 3.51. The molecule has 0 aliphatic carbocycles. The molecular weight excluding hydrogens is 164 g/mol. The fourth-order valence-corrected chi connectivity index (χ4v) is 1.33. The molecule has 0 aromatic rings. The molecule has 0 radical (unpaired) electrons. The first-order chi connectivity index (χ1) is 6.07. The van der Waals surface area contributed by atoms with Gasteiger partial charge in [0.05, 0.1) is 0 Å². The lowest BCUT2D eigenvalue weighted by molar-refractivity contribution is 0.234. The predicted molar refractivity (Wildman–Crippen MR) is 55.6 cm³/mol. The highest BCUT2D eigenvalue weighted by Gasteiger charge is 2.09. The van der Waals surface area contributed by atoms with Crippen LogP contribution in [0.5, 0.6) is 0 Å². The van der Waals surface area contributed by atoms with Crippen molar-refractivity contribution in [2.45, 2.75) is 33.2 Å². The number of hydrogen-bond donors (Lipinski definition) is 0. The van der Waals surface area contributed by atoms with Crippen LogP contribution >= 0.6 is 0 Å². The van der Waals surface area contributed by atoms with Crippen molar-refractivity contribution in [2.24, 2.45) is 11.0 Å². The van der Waals surface area contributed by atoms with Gasteiger partial charge in [0.15, 0.2) is 0 Å². The standard InChI is InChI=1S/C9H20N4/c1-8(2)7-9(3)13(4)6-5-11-12-10/h8-9H,5-7H2,1-4H3. The zero-order valence-corrected chi connectivity index (χ0v) is 9.06.